The Bertz CT molecular complexity index is 426. The standard InChI is InChI=1S/C9H6ClNO2S/c10-7-1-2-8(14)5(3-9(12)13)6(7)4-11/h1-2,14H,3H2,(H,12,13). The Kier molecular flexibility index (Phi) is 3.39. The van der Waals surface area contributed by atoms with E-state index in [1.54, 1.807) is 6.07 Å². The van der Waals surface area contributed by atoms with Crippen LogP contribution in [0.3, 0.4) is 0 Å². The Morgan fingerprint density at radius 3 is 2.79 bits per heavy atom. The Morgan fingerprint density at radius 1 is 1.64 bits per heavy atom. The quantitative estimate of drug-likeness (QED) is 0.761. The maximum atomic E-state index is 10.5. The lowest BCUT2D eigenvalue weighted by molar-refractivity contribution is -0.136. The van der Waals surface area contributed by atoms with Crippen molar-refractivity contribution in [2.75, 3.05) is 0 Å². The molecule has 0 atom stereocenters. The Labute approximate surface area is 91.3 Å². The van der Waals surface area contributed by atoms with Gasteiger partial charge in [-0.25, -0.2) is 0 Å². The molecule has 0 amide bonds. The maximum absolute atomic E-state index is 10.5. The van der Waals surface area contributed by atoms with E-state index in [9.17, 15) is 4.79 Å². The van der Waals surface area contributed by atoms with E-state index in [2.05, 4.69) is 12.6 Å². The van der Waals surface area contributed by atoms with Crippen LogP contribution in [0.2, 0.25) is 5.02 Å². The molecule has 0 unspecified atom stereocenters. The Hall–Kier alpha value is -1.18. The predicted molar refractivity (Wildman–Crippen MR) is 54.8 cm³/mol. The van der Waals surface area contributed by atoms with Gasteiger partial charge in [0.25, 0.3) is 0 Å². The molecule has 14 heavy (non-hydrogen) atoms. The largest absolute Gasteiger partial charge is 0.481 e. The van der Waals surface area contributed by atoms with Gasteiger partial charge in [0.2, 0.25) is 0 Å². The number of thiol groups is 1. The second-order valence-corrected chi connectivity index (χ2v) is 3.49. The first-order valence-electron chi connectivity index (χ1n) is 3.68. The molecule has 0 aliphatic heterocycles. The second kappa shape index (κ2) is 4.36. The molecule has 0 aliphatic carbocycles. The highest BCUT2D eigenvalue weighted by molar-refractivity contribution is 7.80. The lowest BCUT2D eigenvalue weighted by atomic mass is 10.1. The van der Waals surface area contributed by atoms with Gasteiger partial charge in [-0.2, -0.15) is 5.26 Å². The van der Waals surface area contributed by atoms with E-state index in [4.69, 9.17) is 22.0 Å². The molecule has 0 saturated carbocycles. The van der Waals surface area contributed by atoms with Gasteiger partial charge in [-0.3, -0.25) is 4.79 Å². The van der Waals surface area contributed by atoms with Gasteiger partial charge in [-0.1, -0.05) is 11.6 Å². The van der Waals surface area contributed by atoms with Gasteiger partial charge in [-0.15, -0.1) is 12.6 Å². The zero-order valence-electron chi connectivity index (χ0n) is 6.99. The number of hydrogen-bond acceptors (Lipinski definition) is 3. The van der Waals surface area contributed by atoms with Gasteiger partial charge in [0, 0.05) is 4.90 Å². The van der Waals surface area contributed by atoms with E-state index in [1.165, 1.54) is 6.07 Å². The van der Waals surface area contributed by atoms with Gasteiger partial charge in [-0.05, 0) is 17.7 Å². The number of halogens is 1. The molecule has 3 nitrogen and oxygen atoms in total. The van der Waals surface area contributed by atoms with Crippen LogP contribution >= 0.6 is 24.2 Å². The summed E-state index contributed by atoms with van der Waals surface area (Å²) in [5.74, 6) is -1.01. The summed E-state index contributed by atoms with van der Waals surface area (Å²) >= 11 is 9.81. The van der Waals surface area contributed by atoms with Crippen LogP contribution in [-0.2, 0) is 11.2 Å². The number of hydrogen-bond donors (Lipinski definition) is 2. The third-order valence-electron chi connectivity index (χ3n) is 1.68. The summed E-state index contributed by atoms with van der Waals surface area (Å²) in [6.07, 6.45) is -0.248. The SMILES string of the molecule is N#Cc1c(Cl)ccc(S)c1CC(=O)O. The van der Waals surface area contributed by atoms with Crippen LogP contribution in [0.4, 0.5) is 0 Å². The fourth-order valence-corrected chi connectivity index (χ4v) is 1.54. The molecule has 1 aromatic rings. The summed E-state index contributed by atoms with van der Waals surface area (Å²) in [7, 11) is 0. The average molecular weight is 228 g/mol. The molecular weight excluding hydrogens is 222 g/mol. The minimum atomic E-state index is -1.01. The first-order valence-corrected chi connectivity index (χ1v) is 4.51. The fraction of sp³-hybridized carbons (Fsp3) is 0.111. The van der Waals surface area contributed by atoms with Gasteiger partial charge in [0.1, 0.15) is 6.07 Å². The van der Waals surface area contributed by atoms with Crippen LogP contribution in [0.1, 0.15) is 11.1 Å². The van der Waals surface area contributed by atoms with Crippen molar-refractivity contribution in [3.63, 3.8) is 0 Å². The van der Waals surface area contributed by atoms with Crippen LogP contribution in [0, 0.1) is 11.3 Å². The van der Waals surface area contributed by atoms with Gasteiger partial charge < -0.3 is 5.11 Å². The van der Waals surface area contributed by atoms with Crippen molar-refractivity contribution in [2.45, 2.75) is 11.3 Å². The Morgan fingerprint density at radius 2 is 2.29 bits per heavy atom. The number of carboxylic acid groups (broad SMARTS) is 1. The molecule has 5 heteroatoms. The molecule has 0 heterocycles. The molecule has 72 valence electrons. The van der Waals surface area contributed by atoms with Crippen LogP contribution in [-0.4, -0.2) is 11.1 Å². The lowest BCUT2D eigenvalue weighted by Crippen LogP contribution is -2.03. The normalized spacial score (nSPS) is 9.50. The van der Waals surface area contributed by atoms with E-state index in [0.717, 1.165) is 0 Å². The van der Waals surface area contributed by atoms with E-state index < -0.39 is 5.97 Å². The van der Waals surface area contributed by atoms with Crippen molar-refractivity contribution in [3.05, 3.63) is 28.3 Å². The number of benzene rings is 1. The van der Waals surface area contributed by atoms with Crippen LogP contribution in [0.15, 0.2) is 17.0 Å². The second-order valence-electron chi connectivity index (χ2n) is 2.60. The van der Waals surface area contributed by atoms with E-state index >= 15 is 0 Å². The maximum Gasteiger partial charge on any atom is 0.307 e. The van der Waals surface area contributed by atoms with Crippen LogP contribution < -0.4 is 0 Å². The highest BCUT2D eigenvalue weighted by Crippen LogP contribution is 2.25. The topological polar surface area (TPSA) is 61.1 Å². The van der Waals surface area contributed by atoms with Crippen LogP contribution in [0.25, 0.3) is 0 Å². The molecule has 0 aromatic heterocycles. The number of carboxylic acids is 1. The summed E-state index contributed by atoms with van der Waals surface area (Å²) in [6, 6.07) is 4.96. The molecule has 0 radical (unpaired) electrons. The Balaban J connectivity index is 3.31. The van der Waals surface area contributed by atoms with Crippen molar-refractivity contribution in [1.29, 1.82) is 5.26 Å². The predicted octanol–water partition coefficient (Wildman–Crippen LogP) is 2.13. The minimum Gasteiger partial charge on any atom is -0.481 e. The summed E-state index contributed by atoms with van der Waals surface area (Å²) < 4.78 is 0. The number of carbonyl (C=O) groups is 1. The molecule has 0 spiro atoms. The smallest absolute Gasteiger partial charge is 0.307 e. The van der Waals surface area contributed by atoms with Gasteiger partial charge in [0.15, 0.2) is 0 Å². The molecular formula is C9H6ClNO2S. The number of aliphatic carboxylic acids is 1. The van der Waals surface area contributed by atoms with Crippen LogP contribution in [0.5, 0.6) is 0 Å². The van der Waals surface area contributed by atoms with Crippen molar-refractivity contribution in [3.8, 4) is 6.07 Å². The van der Waals surface area contributed by atoms with Gasteiger partial charge >= 0.3 is 5.97 Å². The monoisotopic (exact) mass is 227 g/mol. The molecule has 0 aliphatic rings. The molecule has 0 bridgehead atoms. The number of nitriles is 1. The molecule has 0 saturated heterocycles. The molecule has 0 fully saturated rings. The zero-order chi connectivity index (χ0) is 10.7. The van der Waals surface area contributed by atoms with E-state index in [1.807, 2.05) is 6.07 Å². The fourth-order valence-electron chi connectivity index (χ4n) is 1.06. The summed E-state index contributed by atoms with van der Waals surface area (Å²) in [5.41, 5.74) is 0.539. The first-order chi connectivity index (χ1) is 6.56. The van der Waals surface area contributed by atoms with Crippen molar-refractivity contribution >= 4 is 30.2 Å². The summed E-state index contributed by atoms with van der Waals surface area (Å²) in [4.78, 5) is 11.0. The lowest BCUT2D eigenvalue weighted by Gasteiger charge is -2.05. The summed E-state index contributed by atoms with van der Waals surface area (Å²) in [6.45, 7) is 0. The van der Waals surface area contributed by atoms with E-state index in [-0.39, 0.29) is 17.0 Å². The number of nitrogens with zero attached hydrogens (tertiary/aromatic N) is 1. The molecule has 1 aromatic carbocycles. The average Bonchev–Trinajstić information content (AvgIpc) is 2.11. The molecule has 1 rings (SSSR count). The third kappa shape index (κ3) is 2.19. The minimum absolute atomic E-state index is 0.182. The van der Waals surface area contributed by atoms with Gasteiger partial charge in [0.05, 0.1) is 17.0 Å². The third-order valence-corrected chi connectivity index (χ3v) is 2.41. The van der Waals surface area contributed by atoms with Crippen molar-refractivity contribution in [1.82, 2.24) is 0 Å². The summed E-state index contributed by atoms with van der Waals surface area (Å²) in [5, 5.41) is 17.6. The molecule has 1 N–H and O–H groups in total. The highest BCUT2D eigenvalue weighted by atomic mass is 35.5. The highest BCUT2D eigenvalue weighted by Gasteiger charge is 2.13. The zero-order valence-corrected chi connectivity index (χ0v) is 8.64. The number of rotatable bonds is 2. The van der Waals surface area contributed by atoms with Crippen molar-refractivity contribution in [2.24, 2.45) is 0 Å². The van der Waals surface area contributed by atoms with Crippen molar-refractivity contribution < 1.29 is 9.90 Å². The first kappa shape index (κ1) is 10.9. The van der Waals surface area contributed by atoms with E-state index in [0.29, 0.717) is 10.5 Å².